The minimum absolute atomic E-state index is 0.0660. The summed E-state index contributed by atoms with van der Waals surface area (Å²) in [6.07, 6.45) is 0. The average Bonchev–Trinajstić information content (AvgIpc) is 2.36. The van der Waals surface area contributed by atoms with Crippen LogP contribution in [0.3, 0.4) is 0 Å². The molecule has 0 radical (unpaired) electrons. The van der Waals surface area contributed by atoms with Crippen LogP contribution in [-0.2, 0) is 0 Å². The minimum atomic E-state index is -0.635. The highest BCUT2D eigenvalue weighted by molar-refractivity contribution is 6.33. The standard InChI is InChI=1S/C13H10ClF2NO/c1-18-11-6-7(5-10(16)13(11)17)8-3-2-4-9(15)12(8)14/h2-6H,17H2,1H3. The average molecular weight is 270 g/mol. The summed E-state index contributed by atoms with van der Waals surface area (Å²) in [5, 5.41) is -0.0660. The number of halogens is 3. The molecule has 2 N–H and O–H groups in total. The van der Waals surface area contributed by atoms with E-state index in [-0.39, 0.29) is 16.5 Å². The van der Waals surface area contributed by atoms with Crippen LogP contribution in [0.4, 0.5) is 14.5 Å². The number of hydrogen-bond acceptors (Lipinski definition) is 2. The van der Waals surface area contributed by atoms with Gasteiger partial charge in [0.25, 0.3) is 0 Å². The van der Waals surface area contributed by atoms with Gasteiger partial charge in [0, 0.05) is 5.56 Å². The van der Waals surface area contributed by atoms with Crippen molar-refractivity contribution in [2.75, 3.05) is 12.8 Å². The number of ether oxygens (including phenoxy) is 1. The molecule has 0 amide bonds. The second-order valence-electron chi connectivity index (χ2n) is 3.68. The van der Waals surface area contributed by atoms with E-state index in [2.05, 4.69) is 0 Å². The van der Waals surface area contributed by atoms with E-state index < -0.39 is 11.6 Å². The summed E-state index contributed by atoms with van der Waals surface area (Å²) >= 11 is 5.85. The molecule has 0 saturated carbocycles. The third-order valence-electron chi connectivity index (χ3n) is 2.57. The Morgan fingerprint density at radius 2 is 1.89 bits per heavy atom. The lowest BCUT2D eigenvalue weighted by Crippen LogP contribution is -1.97. The molecule has 2 aromatic carbocycles. The van der Waals surface area contributed by atoms with Crippen molar-refractivity contribution in [2.45, 2.75) is 0 Å². The van der Waals surface area contributed by atoms with Crippen LogP contribution in [0.15, 0.2) is 30.3 Å². The summed E-state index contributed by atoms with van der Waals surface area (Å²) in [5.74, 6) is -1.01. The highest BCUT2D eigenvalue weighted by Crippen LogP contribution is 2.35. The van der Waals surface area contributed by atoms with E-state index in [1.165, 1.54) is 31.4 Å². The molecule has 94 valence electrons. The van der Waals surface area contributed by atoms with Crippen LogP contribution in [0.1, 0.15) is 0 Å². The van der Waals surface area contributed by atoms with Gasteiger partial charge >= 0.3 is 0 Å². The maximum absolute atomic E-state index is 13.6. The third-order valence-corrected chi connectivity index (χ3v) is 2.96. The monoisotopic (exact) mass is 269 g/mol. The number of anilines is 1. The van der Waals surface area contributed by atoms with E-state index in [0.29, 0.717) is 11.1 Å². The molecule has 0 spiro atoms. The Morgan fingerprint density at radius 3 is 2.56 bits per heavy atom. The molecule has 2 rings (SSSR count). The Labute approximate surface area is 108 Å². The Bertz CT molecular complexity index is 602. The van der Waals surface area contributed by atoms with Gasteiger partial charge in [0.1, 0.15) is 17.3 Å². The molecule has 18 heavy (non-hydrogen) atoms. The predicted molar refractivity (Wildman–Crippen MR) is 67.8 cm³/mol. The summed E-state index contributed by atoms with van der Waals surface area (Å²) in [6.45, 7) is 0. The van der Waals surface area contributed by atoms with Crippen LogP contribution < -0.4 is 10.5 Å². The quantitative estimate of drug-likeness (QED) is 0.840. The first-order valence-corrected chi connectivity index (χ1v) is 5.49. The maximum atomic E-state index is 13.6. The molecule has 0 unspecified atom stereocenters. The number of hydrogen-bond donors (Lipinski definition) is 1. The number of benzene rings is 2. The molecule has 0 saturated heterocycles. The maximum Gasteiger partial charge on any atom is 0.150 e. The zero-order chi connectivity index (χ0) is 13.3. The fraction of sp³-hybridized carbons (Fsp3) is 0.0769. The predicted octanol–water partition coefficient (Wildman–Crippen LogP) is 3.88. The number of methoxy groups -OCH3 is 1. The molecule has 0 aliphatic rings. The largest absolute Gasteiger partial charge is 0.494 e. The van der Waals surface area contributed by atoms with Crippen LogP contribution in [0.5, 0.6) is 5.75 Å². The van der Waals surface area contributed by atoms with Gasteiger partial charge in [-0.15, -0.1) is 0 Å². The number of nitrogen functional groups attached to an aromatic ring is 1. The number of rotatable bonds is 2. The fourth-order valence-electron chi connectivity index (χ4n) is 1.64. The van der Waals surface area contributed by atoms with Gasteiger partial charge in [-0.3, -0.25) is 0 Å². The van der Waals surface area contributed by atoms with Crippen LogP contribution in [0, 0.1) is 11.6 Å². The van der Waals surface area contributed by atoms with Crippen molar-refractivity contribution >= 4 is 17.3 Å². The zero-order valence-electron chi connectivity index (χ0n) is 9.51. The Hall–Kier alpha value is -1.81. The lowest BCUT2D eigenvalue weighted by atomic mass is 10.0. The van der Waals surface area contributed by atoms with Crippen molar-refractivity contribution in [3.8, 4) is 16.9 Å². The first-order chi connectivity index (χ1) is 8.54. The van der Waals surface area contributed by atoms with Crippen LogP contribution in [-0.4, -0.2) is 7.11 Å². The molecule has 0 aliphatic carbocycles. The summed E-state index contributed by atoms with van der Waals surface area (Å²) in [6, 6.07) is 7.03. The highest BCUT2D eigenvalue weighted by Gasteiger charge is 2.13. The lowest BCUT2D eigenvalue weighted by molar-refractivity contribution is 0.414. The summed E-state index contributed by atoms with van der Waals surface area (Å²) < 4.78 is 31.9. The molecule has 0 aromatic heterocycles. The van der Waals surface area contributed by atoms with Crippen molar-refractivity contribution in [1.29, 1.82) is 0 Å². The van der Waals surface area contributed by atoms with Crippen molar-refractivity contribution in [3.63, 3.8) is 0 Å². The molecular weight excluding hydrogens is 260 g/mol. The topological polar surface area (TPSA) is 35.2 Å². The second-order valence-corrected chi connectivity index (χ2v) is 4.05. The highest BCUT2D eigenvalue weighted by atomic mass is 35.5. The minimum Gasteiger partial charge on any atom is -0.494 e. The normalized spacial score (nSPS) is 10.4. The summed E-state index contributed by atoms with van der Waals surface area (Å²) in [7, 11) is 1.38. The van der Waals surface area contributed by atoms with E-state index >= 15 is 0 Å². The first kappa shape index (κ1) is 12.6. The van der Waals surface area contributed by atoms with Crippen molar-refractivity contribution in [1.82, 2.24) is 0 Å². The van der Waals surface area contributed by atoms with Gasteiger partial charge in [0.05, 0.1) is 12.1 Å². The fourth-order valence-corrected chi connectivity index (χ4v) is 1.88. The molecular formula is C13H10ClF2NO. The molecule has 2 aromatic rings. The van der Waals surface area contributed by atoms with Gasteiger partial charge in [0.15, 0.2) is 5.82 Å². The number of nitrogens with two attached hydrogens (primary N) is 1. The van der Waals surface area contributed by atoms with E-state index in [4.69, 9.17) is 22.1 Å². The molecule has 0 heterocycles. The van der Waals surface area contributed by atoms with Crippen molar-refractivity contribution in [3.05, 3.63) is 47.0 Å². The van der Waals surface area contributed by atoms with Crippen LogP contribution in [0.2, 0.25) is 5.02 Å². The second kappa shape index (κ2) is 4.82. The van der Waals surface area contributed by atoms with Gasteiger partial charge in [-0.2, -0.15) is 0 Å². The van der Waals surface area contributed by atoms with Gasteiger partial charge < -0.3 is 10.5 Å². The smallest absolute Gasteiger partial charge is 0.150 e. The summed E-state index contributed by atoms with van der Waals surface area (Å²) in [4.78, 5) is 0. The molecule has 0 atom stereocenters. The molecule has 0 fully saturated rings. The molecule has 2 nitrogen and oxygen atoms in total. The van der Waals surface area contributed by atoms with Gasteiger partial charge in [0.2, 0.25) is 0 Å². The summed E-state index contributed by atoms with van der Waals surface area (Å²) in [5.41, 5.74) is 6.20. The Kier molecular flexibility index (Phi) is 3.39. The van der Waals surface area contributed by atoms with Crippen LogP contribution in [0.25, 0.3) is 11.1 Å². The SMILES string of the molecule is COc1cc(-c2cccc(F)c2Cl)cc(F)c1N. The lowest BCUT2D eigenvalue weighted by Gasteiger charge is -2.10. The van der Waals surface area contributed by atoms with Gasteiger partial charge in [-0.25, -0.2) is 8.78 Å². The van der Waals surface area contributed by atoms with Crippen LogP contribution >= 0.6 is 11.6 Å². The van der Waals surface area contributed by atoms with E-state index in [0.717, 1.165) is 0 Å². The Morgan fingerprint density at radius 1 is 1.17 bits per heavy atom. The third kappa shape index (κ3) is 2.11. The van der Waals surface area contributed by atoms with Crippen molar-refractivity contribution < 1.29 is 13.5 Å². The van der Waals surface area contributed by atoms with E-state index in [9.17, 15) is 8.78 Å². The molecule has 5 heteroatoms. The van der Waals surface area contributed by atoms with E-state index in [1.54, 1.807) is 6.07 Å². The Balaban J connectivity index is 2.64. The van der Waals surface area contributed by atoms with Gasteiger partial charge in [-0.1, -0.05) is 23.7 Å². The van der Waals surface area contributed by atoms with Gasteiger partial charge in [-0.05, 0) is 23.8 Å². The zero-order valence-corrected chi connectivity index (χ0v) is 10.3. The van der Waals surface area contributed by atoms with E-state index in [1.807, 2.05) is 0 Å². The molecule has 0 bridgehead atoms. The first-order valence-electron chi connectivity index (χ1n) is 5.12. The molecule has 0 aliphatic heterocycles. The van der Waals surface area contributed by atoms with Crippen molar-refractivity contribution in [2.24, 2.45) is 0 Å².